The highest BCUT2D eigenvalue weighted by Gasteiger charge is 2.30. The fourth-order valence-corrected chi connectivity index (χ4v) is 5.48. The van der Waals surface area contributed by atoms with Crippen LogP contribution in [0.25, 0.3) is 0 Å². The second kappa shape index (κ2) is 7.40. The molecule has 1 aromatic heterocycles. The molecule has 2 heterocycles. The van der Waals surface area contributed by atoms with Gasteiger partial charge in [-0.15, -0.1) is 11.3 Å². The predicted molar refractivity (Wildman–Crippen MR) is 94.0 cm³/mol. The first-order valence-corrected chi connectivity index (χ1v) is 10.5. The summed E-state index contributed by atoms with van der Waals surface area (Å²) in [6, 6.07) is 3.17. The zero-order valence-electron chi connectivity index (χ0n) is 14.0. The zero-order valence-corrected chi connectivity index (χ0v) is 15.7. The van der Waals surface area contributed by atoms with Gasteiger partial charge in [0.05, 0.1) is 6.54 Å². The molecule has 0 atom stereocenters. The van der Waals surface area contributed by atoms with E-state index in [1.807, 2.05) is 11.8 Å². The van der Waals surface area contributed by atoms with Crippen molar-refractivity contribution in [1.82, 2.24) is 19.8 Å². The lowest BCUT2D eigenvalue weighted by Crippen LogP contribution is -2.52. The third kappa shape index (κ3) is 4.78. The number of carbonyl (C=O) groups excluding carboxylic acids is 2. The van der Waals surface area contributed by atoms with Gasteiger partial charge in [-0.3, -0.25) is 15.0 Å². The van der Waals surface area contributed by atoms with Gasteiger partial charge < -0.3 is 5.32 Å². The van der Waals surface area contributed by atoms with Crippen molar-refractivity contribution >= 4 is 33.3 Å². The topological polar surface area (TPSA) is 98.8 Å². The number of amides is 3. The number of hydrogen-bond acceptors (Lipinski definition) is 6. The summed E-state index contributed by atoms with van der Waals surface area (Å²) in [5.41, 5.74) is 0. The van der Waals surface area contributed by atoms with E-state index in [1.165, 1.54) is 15.6 Å². The van der Waals surface area contributed by atoms with E-state index in [0.29, 0.717) is 30.4 Å². The number of nitrogens with zero attached hydrogens (tertiary/aromatic N) is 2. The molecule has 0 radical (unpaired) electrons. The molecule has 2 fully saturated rings. The summed E-state index contributed by atoms with van der Waals surface area (Å²) in [5.74, 6) is -0.372. The van der Waals surface area contributed by atoms with Gasteiger partial charge in [0.15, 0.2) is 0 Å². The van der Waals surface area contributed by atoms with Crippen molar-refractivity contribution in [2.45, 2.75) is 30.0 Å². The number of carbonyl (C=O) groups is 2. The van der Waals surface area contributed by atoms with E-state index >= 15 is 0 Å². The van der Waals surface area contributed by atoms with Crippen molar-refractivity contribution in [3.05, 3.63) is 17.0 Å². The molecular formula is C15H22N4O4S2. The number of rotatable bonds is 5. The van der Waals surface area contributed by atoms with Gasteiger partial charge in [-0.25, -0.2) is 13.2 Å². The van der Waals surface area contributed by atoms with Gasteiger partial charge in [0.2, 0.25) is 5.91 Å². The number of urea groups is 1. The minimum absolute atomic E-state index is 0.0874. The summed E-state index contributed by atoms with van der Waals surface area (Å²) in [7, 11) is -3.46. The molecule has 25 heavy (non-hydrogen) atoms. The van der Waals surface area contributed by atoms with Crippen LogP contribution < -0.4 is 10.6 Å². The SMILES string of the molecule is Cc1ccc(S(=O)(=O)N2CCN(CC(=O)NC(=O)NC3CC3)CC2)s1. The van der Waals surface area contributed by atoms with Crippen LogP contribution in [0.5, 0.6) is 0 Å². The Kier molecular flexibility index (Phi) is 5.42. The van der Waals surface area contributed by atoms with Crippen LogP contribution in [0.3, 0.4) is 0 Å². The number of imide groups is 1. The average Bonchev–Trinajstić information content (AvgIpc) is 3.24. The first-order valence-electron chi connectivity index (χ1n) is 8.24. The highest BCUT2D eigenvalue weighted by atomic mass is 32.2. The second-order valence-corrected chi connectivity index (χ2v) is 9.79. The number of hydrogen-bond donors (Lipinski definition) is 2. The Balaban J connectivity index is 1.46. The summed E-state index contributed by atoms with van der Waals surface area (Å²) in [4.78, 5) is 26.2. The monoisotopic (exact) mass is 386 g/mol. The van der Waals surface area contributed by atoms with Crippen molar-refractivity contribution in [1.29, 1.82) is 0 Å². The lowest BCUT2D eigenvalue weighted by molar-refractivity contribution is -0.121. The molecule has 0 bridgehead atoms. The molecule has 2 aliphatic rings. The van der Waals surface area contributed by atoms with E-state index in [0.717, 1.165) is 17.7 Å². The standard InChI is InChI=1S/C15H22N4O4S2/c1-11-2-5-14(24-11)25(22,23)19-8-6-18(7-9-19)10-13(20)17-15(21)16-12-3-4-12/h2,5,12H,3-4,6-10H2,1H3,(H2,16,17,20,21). The van der Waals surface area contributed by atoms with Crippen molar-refractivity contribution in [2.24, 2.45) is 0 Å². The Morgan fingerprint density at radius 2 is 1.88 bits per heavy atom. The molecule has 8 nitrogen and oxygen atoms in total. The molecular weight excluding hydrogens is 364 g/mol. The molecule has 1 aliphatic heterocycles. The maximum atomic E-state index is 12.6. The van der Waals surface area contributed by atoms with Crippen LogP contribution in [-0.4, -0.2) is 68.3 Å². The van der Waals surface area contributed by atoms with E-state index in [-0.39, 0.29) is 18.5 Å². The van der Waals surface area contributed by atoms with Crippen LogP contribution in [0.4, 0.5) is 4.79 Å². The summed E-state index contributed by atoms with van der Waals surface area (Å²) in [6.07, 6.45) is 1.92. The highest BCUT2D eigenvalue weighted by molar-refractivity contribution is 7.91. The van der Waals surface area contributed by atoms with Crippen LogP contribution in [0.2, 0.25) is 0 Å². The Bertz CT molecular complexity index is 749. The molecule has 3 amide bonds. The summed E-state index contributed by atoms with van der Waals surface area (Å²) in [5, 5.41) is 5.00. The average molecular weight is 386 g/mol. The lowest BCUT2D eigenvalue weighted by Gasteiger charge is -2.33. The summed E-state index contributed by atoms with van der Waals surface area (Å²) in [6.45, 7) is 3.55. The van der Waals surface area contributed by atoms with E-state index in [1.54, 1.807) is 12.1 Å². The molecule has 2 N–H and O–H groups in total. The Hall–Kier alpha value is -1.49. The lowest BCUT2D eigenvalue weighted by atomic mass is 10.3. The van der Waals surface area contributed by atoms with Gasteiger partial charge in [-0.2, -0.15) is 4.31 Å². The third-order valence-corrected chi connectivity index (χ3v) is 7.54. The molecule has 1 saturated heterocycles. The van der Waals surface area contributed by atoms with Crippen LogP contribution in [-0.2, 0) is 14.8 Å². The maximum Gasteiger partial charge on any atom is 0.321 e. The van der Waals surface area contributed by atoms with Crippen LogP contribution in [0, 0.1) is 6.92 Å². The fourth-order valence-electron chi connectivity index (χ4n) is 2.62. The largest absolute Gasteiger partial charge is 0.335 e. The van der Waals surface area contributed by atoms with Gasteiger partial charge in [0.1, 0.15) is 4.21 Å². The second-order valence-electron chi connectivity index (χ2n) is 6.34. The molecule has 0 aromatic carbocycles. The zero-order chi connectivity index (χ0) is 18.0. The number of sulfonamides is 1. The van der Waals surface area contributed by atoms with Gasteiger partial charge >= 0.3 is 6.03 Å². The Labute approximate surface area is 151 Å². The van der Waals surface area contributed by atoms with Crippen molar-refractivity contribution in [3.8, 4) is 0 Å². The third-order valence-electron chi connectivity index (χ3n) is 4.17. The molecule has 10 heteroatoms. The van der Waals surface area contributed by atoms with E-state index in [2.05, 4.69) is 10.6 Å². The highest BCUT2D eigenvalue weighted by Crippen LogP contribution is 2.25. The number of aryl methyl sites for hydroxylation is 1. The van der Waals surface area contributed by atoms with Crippen molar-refractivity contribution in [3.63, 3.8) is 0 Å². The van der Waals surface area contributed by atoms with Crippen LogP contribution in [0.15, 0.2) is 16.3 Å². The number of piperazine rings is 1. The van der Waals surface area contributed by atoms with Crippen LogP contribution >= 0.6 is 11.3 Å². The molecule has 3 rings (SSSR count). The molecule has 138 valence electrons. The molecule has 1 aromatic rings. The molecule has 0 unspecified atom stereocenters. The summed E-state index contributed by atoms with van der Waals surface area (Å²) < 4.78 is 26.9. The van der Waals surface area contributed by atoms with Crippen molar-refractivity contribution in [2.75, 3.05) is 32.7 Å². The van der Waals surface area contributed by atoms with E-state index in [9.17, 15) is 18.0 Å². The smallest absolute Gasteiger partial charge is 0.321 e. The van der Waals surface area contributed by atoms with Gasteiger partial charge in [0, 0.05) is 37.1 Å². The summed E-state index contributed by atoms with van der Waals surface area (Å²) >= 11 is 1.26. The number of thiophene rings is 1. The van der Waals surface area contributed by atoms with E-state index < -0.39 is 16.1 Å². The minimum Gasteiger partial charge on any atom is -0.335 e. The first kappa shape index (κ1) is 18.3. The Morgan fingerprint density at radius 3 is 2.44 bits per heavy atom. The van der Waals surface area contributed by atoms with Crippen LogP contribution in [0.1, 0.15) is 17.7 Å². The molecule has 1 saturated carbocycles. The van der Waals surface area contributed by atoms with Gasteiger partial charge in [0.25, 0.3) is 10.0 Å². The van der Waals surface area contributed by atoms with Crippen molar-refractivity contribution < 1.29 is 18.0 Å². The first-order chi connectivity index (χ1) is 11.8. The number of nitrogens with one attached hydrogen (secondary N) is 2. The Morgan fingerprint density at radius 1 is 1.20 bits per heavy atom. The molecule has 1 aliphatic carbocycles. The molecule has 0 spiro atoms. The van der Waals surface area contributed by atoms with E-state index in [4.69, 9.17) is 0 Å². The fraction of sp³-hybridized carbons (Fsp3) is 0.600. The normalized spacial score (nSPS) is 19.6. The van der Waals surface area contributed by atoms with Gasteiger partial charge in [-0.1, -0.05) is 0 Å². The maximum absolute atomic E-state index is 12.6. The van der Waals surface area contributed by atoms with Gasteiger partial charge in [-0.05, 0) is 31.9 Å². The minimum atomic E-state index is -3.46. The quantitative estimate of drug-likeness (QED) is 0.761. The predicted octanol–water partition coefficient (Wildman–Crippen LogP) is 0.351.